The molecule has 5 rings (SSSR count). The van der Waals surface area contributed by atoms with Gasteiger partial charge in [0.05, 0.1) is 11.7 Å². The number of rotatable bonds is 7. The number of benzene rings is 1. The first kappa shape index (κ1) is 22.7. The SMILES string of the molecule is COC1CCN(c2ccc(Cc3cncc(C(=O)NCc4ccc5c(N)nccc5c4)c3)cn2)C1. The summed E-state index contributed by atoms with van der Waals surface area (Å²) < 4.78 is 5.44. The molecule has 1 saturated heterocycles. The number of nitrogens with zero attached hydrogens (tertiary/aromatic N) is 4. The highest BCUT2D eigenvalue weighted by atomic mass is 16.5. The van der Waals surface area contributed by atoms with Gasteiger partial charge in [0, 0.05) is 63.3 Å². The minimum atomic E-state index is -0.163. The van der Waals surface area contributed by atoms with Crippen LogP contribution < -0.4 is 16.0 Å². The molecular formula is C27H28N6O2. The van der Waals surface area contributed by atoms with E-state index in [-0.39, 0.29) is 12.0 Å². The van der Waals surface area contributed by atoms with Gasteiger partial charge in [0.2, 0.25) is 0 Å². The summed E-state index contributed by atoms with van der Waals surface area (Å²) in [7, 11) is 1.76. The highest BCUT2D eigenvalue weighted by Crippen LogP contribution is 2.21. The fourth-order valence-electron chi connectivity index (χ4n) is 4.43. The number of amides is 1. The zero-order valence-electron chi connectivity index (χ0n) is 19.6. The molecular weight excluding hydrogens is 440 g/mol. The highest BCUT2D eigenvalue weighted by Gasteiger charge is 2.22. The standard InChI is InChI=1S/C27H28N6O2/c1-35-23-7-9-33(17-23)25-5-3-18(14-31-25)10-20-12-22(16-29-13-20)27(34)32-15-19-2-4-24-21(11-19)6-8-30-26(24)28/h2-6,8,11-14,16,23H,7,9-10,15,17H2,1H3,(H2,28,30)(H,32,34). The number of ether oxygens (including phenoxy) is 1. The van der Waals surface area contributed by atoms with Gasteiger partial charge in [0.1, 0.15) is 11.6 Å². The van der Waals surface area contributed by atoms with E-state index >= 15 is 0 Å². The predicted molar refractivity (Wildman–Crippen MR) is 136 cm³/mol. The number of aromatic nitrogens is 3. The Bertz CT molecular complexity index is 1340. The van der Waals surface area contributed by atoms with Crippen LogP contribution in [0.4, 0.5) is 11.6 Å². The van der Waals surface area contributed by atoms with E-state index in [0.717, 1.165) is 52.8 Å². The molecule has 1 atom stereocenters. The maximum atomic E-state index is 12.8. The van der Waals surface area contributed by atoms with Crippen LogP contribution in [-0.4, -0.2) is 47.2 Å². The minimum absolute atomic E-state index is 0.163. The molecule has 1 aliphatic heterocycles. The van der Waals surface area contributed by atoms with Crippen LogP contribution in [0.5, 0.6) is 0 Å². The van der Waals surface area contributed by atoms with Crippen molar-refractivity contribution in [3.05, 3.63) is 89.5 Å². The number of hydrogen-bond acceptors (Lipinski definition) is 7. The quantitative estimate of drug-likeness (QED) is 0.428. The number of fused-ring (bicyclic) bond motifs is 1. The van der Waals surface area contributed by atoms with Crippen molar-refractivity contribution >= 4 is 28.3 Å². The van der Waals surface area contributed by atoms with Gasteiger partial charge in [-0.15, -0.1) is 0 Å². The van der Waals surface area contributed by atoms with Crippen molar-refractivity contribution < 1.29 is 9.53 Å². The maximum absolute atomic E-state index is 12.8. The summed E-state index contributed by atoms with van der Waals surface area (Å²) in [6.07, 6.45) is 8.90. The van der Waals surface area contributed by atoms with Crippen molar-refractivity contribution in [3.8, 4) is 0 Å². The summed E-state index contributed by atoms with van der Waals surface area (Å²) in [4.78, 5) is 28.0. The molecule has 4 aromatic rings. The summed E-state index contributed by atoms with van der Waals surface area (Å²) in [5.41, 5.74) is 9.47. The molecule has 0 radical (unpaired) electrons. The average Bonchev–Trinajstić information content (AvgIpc) is 3.37. The van der Waals surface area contributed by atoms with Crippen LogP contribution >= 0.6 is 0 Å². The third-order valence-corrected chi connectivity index (χ3v) is 6.39. The Hall–Kier alpha value is -4.04. The van der Waals surface area contributed by atoms with Crippen molar-refractivity contribution in [1.29, 1.82) is 0 Å². The first-order valence-electron chi connectivity index (χ1n) is 11.7. The molecule has 35 heavy (non-hydrogen) atoms. The van der Waals surface area contributed by atoms with Gasteiger partial charge < -0.3 is 20.7 Å². The number of methoxy groups -OCH3 is 1. The van der Waals surface area contributed by atoms with Crippen LogP contribution in [0.15, 0.2) is 67.3 Å². The van der Waals surface area contributed by atoms with Crippen LogP contribution in [0.1, 0.15) is 33.5 Å². The summed E-state index contributed by atoms with van der Waals surface area (Å²) in [6.45, 7) is 2.23. The van der Waals surface area contributed by atoms with Crippen molar-refractivity contribution in [2.75, 3.05) is 30.8 Å². The van der Waals surface area contributed by atoms with E-state index < -0.39 is 0 Å². The van der Waals surface area contributed by atoms with E-state index in [0.29, 0.717) is 24.3 Å². The Kier molecular flexibility index (Phi) is 6.54. The predicted octanol–water partition coefficient (Wildman–Crippen LogP) is 3.35. The van der Waals surface area contributed by atoms with E-state index in [2.05, 4.69) is 31.2 Å². The summed E-state index contributed by atoms with van der Waals surface area (Å²) in [6, 6.07) is 13.8. The molecule has 178 valence electrons. The smallest absolute Gasteiger partial charge is 0.253 e. The number of nitrogen functional groups attached to an aromatic ring is 1. The lowest BCUT2D eigenvalue weighted by Crippen LogP contribution is -2.23. The summed E-state index contributed by atoms with van der Waals surface area (Å²) >= 11 is 0. The number of carbonyl (C=O) groups is 1. The second-order valence-electron chi connectivity index (χ2n) is 8.81. The third-order valence-electron chi connectivity index (χ3n) is 6.39. The number of carbonyl (C=O) groups excluding carboxylic acids is 1. The van der Waals surface area contributed by atoms with Gasteiger partial charge in [0.25, 0.3) is 5.91 Å². The Balaban J connectivity index is 1.20. The number of anilines is 2. The van der Waals surface area contributed by atoms with Crippen molar-refractivity contribution in [1.82, 2.24) is 20.3 Å². The molecule has 1 aliphatic rings. The lowest BCUT2D eigenvalue weighted by molar-refractivity contribution is 0.0950. The van der Waals surface area contributed by atoms with Crippen LogP contribution in [0.2, 0.25) is 0 Å². The van der Waals surface area contributed by atoms with Gasteiger partial charge in [-0.1, -0.05) is 18.2 Å². The lowest BCUT2D eigenvalue weighted by Gasteiger charge is -2.17. The normalized spacial score (nSPS) is 15.5. The van der Waals surface area contributed by atoms with Gasteiger partial charge in [-0.05, 0) is 52.8 Å². The van der Waals surface area contributed by atoms with Gasteiger partial charge in [0.15, 0.2) is 0 Å². The van der Waals surface area contributed by atoms with Crippen LogP contribution in [0.3, 0.4) is 0 Å². The van der Waals surface area contributed by atoms with Crippen molar-refractivity contribution in [2.45, 2.75) is 25.5 Å². The summed E-state index contributed by atoms with van der Waals surface area (Å²) in [5, 5.41) is 4.88. The molecule has 1 unspecified atom stereocenters. The van der Waals surface area contributed by atoms with Crippen LogP contribution in [-0.2, 0) is 17.7 Å². The number of nitrogens with two attached hydrogens (primary N) is 1. The molecule has 3 N–H and O–H groups in total. The van der Waals surface area contributed by atoms with E-state index in [4.69, 9.17) is 10.5 Å². The van der Waals surface area contributed by atoms with Crippen molar-refractivity contribution in [3.63, 3.8) is 0 Å². The Labute approximate surface area is 204 Å². The average molecular weight is 469 g/mol. The minimum Gasteiger partial charge on any atom is -0.383 e. The molecule has 1 fully saturated rings. The second-order valence-corrected chi connectivity index (χ2v) is 8.81. The molecule has 4 heterocycles. The second kappa shape index (κ2) is 10.1. The molecule has 1 aromatic carbocycles. The van der Waals surface area contributed by atoms with Gasteiger partial charge >= 0.3 is 0 Å². The third kappa shape index (κ3) is 5.22. The molecule has 0 bridgehead atoms. The highest BCUT2D eigenvalue weighted by molar-refractivity contribution is 5.94. The zero-order chi connectivity index (χ0) is 24.2. The number of hydrogen-bond donors (Lipinski definition) is 2. The van der Waals surface area contributed by atoms with Crippen LogP contribution in [0.25, 0.3) is 10.8 Å². The van der Waals surface area contributed by atoms with E-state index in [1.165, 1.54) is 0 Å². The number of nitrogens with one attached hydrogen (secondary N) is 1. The van der Waals surface area contributed by atoms with Crippen molar-refractivity contribution in [2.24, 2.45) is 0 Å². The lowest BCUT2D eigenvalue weighted by atomic mass is 10.1. The largest absolute Gasteiger partial charge is 0.383 e. The zero-order valence-corrected chi connectivity index (χ0v) is 19.6. The van der Waals surface area contributed by atoms with E-state index in [1.807, 2.05) is 42.6 Å². The van der Waals surface area contributed by atoms with Crippen LogP contribution in [0, 0.1) is 0 Å². The first-order chi connectivity index (χ1) is 17.1. The fraction of sp³-hybridized carbons (Fsp3) is 0.259. The molecule has 3 aromatic heterocycles. The molecule has 8 heteroatoms. The molecule has 8 nitrogen and oxygen atoms in total. The maximum Gasteiger partial charge on any atom is 0.253 e. The Morgan fingerprint density at radius 2 is 1.97 bits per heavy atom. The van der Waals surface area contributed by atoms with Gasteiger partial charge in [-0.2, -0.15) is 0 Å². The fourth-order valence-corrected chi connectivity index (χ4v) is 4.43. The molecule has 0 spiro atoms. The van der Waals surface area contributed by atoms with Gasteiger partial charge in [-0.25, -0.2) is 9.97 Å². The van der Waals surface area contributed by atoms with Gasteiger partial charge in [-0.3, -0.25) is 9.78 Å². The monoisotopic (exact) mass is 468 g/mol. The topological polar surface area (TPSA) is 106 Å². The van der Waals surface area contributed by atoms with E-state index in [1.54, 1.807) is 25.7 Å². The Morgan fingerprint density at radius 3 is 2.77 bits per heavy atom. The molecule has 1 amide bonds. The summed E-state index contributed by atoms with van der Waals surface area (Å²) in [5.74, 6) is 1.30. The first-order valence-corrected chi connectivity index (χ1v) is 11.7. The number of pyridine rings is 3. The molecule has 0 aliphatic carbocycles. The molecule has 0 saturated carbocycles. The Morgan fingerprint density at radius 1 is 1.09 bits per heavy atom. The van der Waals surface area contributed by atoms with E-state index in [9.17, 15) is 4.79 Å².